The Balaban J connectivity index is 1.61. The predicted octanol–water partition coefficient (Wildman–Crippen LogP) is 2.54. The van der Waals surface area contributed by atoms with E-state index in [9.17, 15) is 14.4 Å². The zero-order valence-electron chi connectivity index (χ0n) is 14.0. The van der Waals surface area contributed by atoms with Gasteiger partial charge in [0.25, 0.3) is 11.8 Å². The number of rotatable bonds is 4. The smallest absolute Gasteiger partial charge is 0.271 e. The molecule has 1 aliphatic heterocycles. The first kappa shape index (κ1) is 17.9. The van der Waals surface area contributed by atoms with Crippen LogP contribution < -0.4 is 10.9 Å². The highest BCUT2D eigenvalue weighted by molar-refractivity contribution is 6.33. The Morgan fingerprint density at radius 2 is 1.81 bits per heavy atom. The molecule has 2 aromatic rings. The third-order valence-electron chi connectivity index (χ3n) is 4.14. The summed E-state index contributed by atoms with van der Waals surface area (Å²) in [5.41, 5.74) is 6.26. The largest absolute Gasteiger partial charge is 0.338 e. The molecule has 134 valence electrons. The Morgan fingerprint density at radius 1 is 1.04 bits per heavy atom. The lowest BCUT2D eigenvalue weighted by Gasteiger charge is -2.16. The molecule has 1 saturated heterocycles. The molecule has 0 atom stereocenters. The van der Waals surface area contributed by atoms with Crippen LogP contribution in [0.3, 0.4) is 0 Å². The maximum absolute atomic E-state index is 12.3. The van der Waals surface area contributed by atoms with E-state index >= 15 is 0 Å². The van der Waals surface area contributed by atoms with Gasteiger partial charge in [0.05, 0.1) is 10.6 Å². The van der Waals surface area contributed by atoms with Crippen molar-refractivity contribution in [2.45, 2.75) is 19.4 Å². The first-order valence-electron chi connectivity index (χ1n) is 8.26. The number of halogens is 1. The lowest BCUT2D eigenvalue weighted by Crippen LogP contribution is -2.41. The van der Waals surface area contributed by atoms with Crippen molar-refractivity contribution in [3.05, 3.63) is 70.2 Å². The lowest BCUT2D eigenvalue weighted by molar-refractivity contribution is -0.128. The molecule has 2 aromatic carbocycles. The van der Waals surface area contributed by atoms with Crippen LogP contribution in [0, 0.1) is 0 Å². The van der Waals surface area contributed by atoms with E-state index in [0.717, 1.165) is 18.5 Å². The van der Waals surface area contributed by atoms with E-state index in [0.29, 0.717) is 23.6 Å². The normalized spacial score (nSPS) is 13.6. The van der Waals surface area contributed by atoms with Gasteiger partial charge in [-0.1, -0.05) is 35.9 Å². The van der Waals surface area contributed by atoms with Gasteiger partial charge >= 0.3 is 0 Å². The Morgan fingerprint density at radius 3 is 2.54 bits per heavy atom. The molecule has 6 nitrogen and oxygen atoms in total. The second kappa shape index (κ2) is 8.01. The van der Waals surface area contributed by atoms with E-state index in [1.54, 1.807) is 47.4 Å². The molecule has 26 heavy (non-hydrogen) atoms. The topological polar surface area (TPSA) is 78.5 Å². The van der Waals surface area contributed by atoms with Crippen LogP contribution in [-0.4, -0.2) is 29.2 Å². The maximum atomic E-state index is 12.3. The molecule has 7 heteroatoms. The van der Waals surface area contributed by atoms with Gasteiger partial charge in [0.2, 0.25) is 5.91 Å². The molecule has 0 aliphatic carbocycles. The number of hydrazine groups is 1. The minimum Gasteiger partial charge on any atom is -0.338 e. The highest BCUT2D eigenvalue weighted by Crippen LogP contribution is 2.16. The number of carbonyl (C=O) groups is 3. The number of likely N-dealkylation sites (tertiary alicyclic amines) is 1. The highest BCUT2D eigenvalue weighted by atomic mass is 35.5. The minimum atomic E-state index is -0.497. The van der Waals surface area contributed by atoms with Crippen molar-refractivity contribution >= 4 is 29.3 Å². The van der Waals surface area contributed by atoms with Crippen LogP contribution in [0.5, 0.6) is 0 Å². The predicted molar refractivity (Wildman–Crippen MR) is 97.5 cm³/mol. The van der Waals surface area contributed by atoms with Crippen LogP contribution in [0.25, 0.3) is 0 Å². The molecule has 0 saturated carbocycles. The molecule has 1 fully saturated rings. The molecule has 0 aromatic heterocycles. The van der Waals surface area contributed by atoms with Crippen LogP contribution in [0.1, 0.15) is 39.1 Å². The zero-order chi connectivity index (χ0) is 18.5. The summed E-state index contributed by atoms with van der Waals surface area (Å²) in [6.45, 7) is 1.22. The number of hydrogen-bond donors (Lipinski definition) is 2. The van der Waals surface area contributed by atoms with Gasteiger partial charge in [0, 0.05) is 25.1 Å². The van der Waals surface area contributed by atoms with Gasteiger partial charge in [0.15, 0.2) is 0 Å². The lowest BCUT2D eigenvalue weighted by atomic mass is 10.1. The Kier molecular flexibility index (Phi) is 5.53. The fraction of sp³-hybridized carbons (Fsp3) is 0.211. The summed E-state index contributed by atoms with van der Waals surface area (Å²) < 4.78 is 0. The SMILES string of the molecule is O=C(NNC(=O)c1ccccc1Cl)c1cccc(CN2CCCC2=O)c1. The molecule has 0 spiro atoms. The van der Waals surface area contributed by atoms with Crippen LogP contribution in [0.2, 0.25) is 5.02 Å². The molecule has 0 unspecified atom stereocenters. The summed E-state index contributed by atoms with van der Waals surface area (Å²) in [4.78, 5) is 37.9. The summed E-state index contributed by atoms with van der Waals surface area (Å²) in [6.07, 6.45) is 1.45. The van der Waals surface area contributed by atoms with Gasteiger partial charge in [0.1, 0.15) is 0 Å². The Labute approximate surface area is 156 Å². The molecule has 3 rings (SSSR count). The van der Waals surface area contributed by atoms with E-state index in [2.05, 4.69) is 10.9 Å². The number of hydrogen-bond acceptors (Lipinski definition) is 3. The van der Waals surface area contributed by atoms with E-state index in [4.69, 9.17) is 11.6 Å². The molecule has 1 aliphatic rings. The molecular formula is C19H18ClN3O3. The van der Waals surface area contributed by atoms with Gasteiger partial charge in [-0.3, -0.25) is 25.2 Å². The quantitative estimate of drug-likeness (QED) is 0.811. The number of carbonyl (C=O) groups excluding carboxylic acids is 3. The Bertz CT molecular complexity index is 853. The van der Waals surface area contributed by atoms with Gasteiger partial charge in [-0.25, -0.2) is 0 Å². The number of benzene rings is 2. The first-order chi connectivity index (χ1) is 12.5. The summed E-state index contributed by atoms with van der Waals surface area (Å²) in [5, 5.41) is 0.302. The first-order valence-corrected chi connectivity index (χ1v) is 8.64. The monoisotopic (exact) mass is 371 g/mol. The van der Waals surface area contributed by atoms with Crippen molar-refractivity contribution in [3.63, 3.8) is 0 Å². The van der Waals surface area contributed by atoms with Gasteiger partial charge < -0.3 is 4.90 Å². The van der Waals surface area contributed by atoms with Crippen LogP contribution in [0.4, 0.5) is 0 Å². The molecular weight excluding hydrogens is 354 g/mol. The summed E-state index contributed by atoms with van der Waals surface area (Å²) >= 11 is 5.96. The number of amides is 3. The highest BCUT2D eigenvalue weighted by Gasteiger charge is 2.20. The third-order valence-corrected chi connectivity index (χ3v) is 4.47. The summed E-state index contributed by atoms with van der Waals surface area (Å²) in [6, 6.07) is 13.5. The molecule has 0 radical (unpaired) electrons. The average molecular weight is 372 g/mol. The van der Waals surface area contributed by atoms with Gasteiger partial charge in [-0.15, -0.1) is 0 Å². The van der Waals surface area contributed by atoms with Crippen LogP contribution in [-0.2, 0) is 11.3 Å². The van der Waals surface area contributed by atoms with Crippen molar-refractivity contribution in [3.8, 4) is 0 Å². The van der Waals surface area contributed by atoms with Crippen molar-refractivity contribution in [1.82, 2.24) is 15.8 Å². The van der Waals surface area contributed by atoms with Crippen molar-refractivity contribution in [2.75, 3.05) is 6.54 Å². The zero-order valence-corrected chi connectivity index (χ0v) is 14.8. The van der Waals surface area contributed by atoms with E-state index in [1.165, 1.54) is 0 Å². The van der Waals surface area contributed by atoms with E-state index in [1.807, 2.05) is 6.07 Å². The standard InChI is InChI=1S/C19H18ClN3O3/c20-16-8-2-1-7-15(16)19(26)22-21-18(25)14-6-3-5-13(11-14)12-23-10-4-9-17(23)24/h1-3,5-8,11H,4,9-10,12H2,(H,21,25)(H,22,26). The van der Waals surface area contributed by atoms with E-state index < -0.39 is 11.8 Å². The number of nitrogens with one attached hydrogen (secondary N) is 2. The molecule has 0 bridgehead atoms. The van der Waals surface area contributed by atoms with Crippen molar-refractivity contribution < 1.29 is 14.4 Å². The Hall–Kier alpha value is -2.86. The molecule has 3 amide bonds. The fourth-order valence-corrected chi connectivity index (χ4v) is 3.02. The van der Waals surface area contributed by atoms with Gasteiger partial charge in [-0.05, 0) is 36.2 Å². The van der Waals surface area contributed by atoms with Crippen molar-refractivity contribution in [2.24, 2.45) is 0 Å². The van der Waals surface area contributed by atoms with Crippen molar-refractivity contribution in [1.29, 1.82) is 0 Å². The average Bonchev–Trinajstić information content (AvgIpc) is 3.04. The fourth-order valence-electron chi connectivity index (χ4n) is 2.80. The second-order valence-electron chi connectivity index (χ2n) is 6.01. The molecule has 1 heterocycles. The summed E-state index contributed by atoms with van der Waals surface area (Å²) in [7, 11) is 0. The maximum Gasteiger partial charge on any atom is 0.271 e. The summed E-state index contributed by atoms with van der Waals surface area (Å²) in [5.74, 6) is -0.811. The second-order valence-corrected chi connectivity index (χ2v) is 6.41. The minimum absolute atomic E-state index is 0.131. The number of nitrogens with zero attached hydrogens (tertiary/aromatic N) is 1. The molecule has 2 N–H and O–H groups in total. The van der Waals surface area contributed by atoms with Crippen LogP contribution in [0.15, 0.2) is 48.5 Å². The van der Waals surface area contributed by atoms with E-state index in [-0.39, 0.29) is 11.5 Å². The van der Waals surface area contributed by atoms with Gasteiger partial charge in [-0.2, -0.15) is 0 Å². The van der Waals surface area contributed by atoms with Crippen LogP contribution >= 0.6 is 11.6 Å². The third kappa shape index (κ3) is 4.21.